The summed E-state index contributed by atoms with van der Waals surface area (Å²) >= 11 is 2.07. The average Bonchev–Trinajstić information content (AvgIpc) is 2.27. The Morgan fingerprint density at radius 3 is 2.58 bits per heavy atom. The van der Waals surface area contributed by atoms with Gasteiger partial charge < -0.3 is 15.8 Å². The Bertz CT molecular complexity index is 495. The molecule has 104 valence electrons. The number of carbonyl (C=O) groups is 2. The van der Waals surface area contributed by atoms with Gasteiger partial charge in [0, 0.05) is 14.8 Å². The number of hydrogen-bond acceptors (Lipinski definition) is 4. The highest BCUT2D eigenvalue weighted by Crippen LogP contribution is 2.16. The van der Waals surface area contributed by atoms with Crippen LogP contribution in [0.4, 0.5) is 5.69 Å². The zero-order chi connectivity index (χ0) is 14.6. The van der Waals surface area contributed by atoms with Crippen LogP contribution in [0.5, 0.6) is 0 Å². The summed E-state index contributed by atoms with van der Waals surface area (Å²) in [5, 5.41) is 2.70. The van der Waals surface area contributed by atoms with Gasteiger partial charge in [-0.3, -0.25) is 4.79 Å². The fourth-order valence-electron chi connectivity index (χ4n) is 1.37. The molecule has 3 N–H and O–H groups in total. The largest absolute Gasteiger partial charge is 0.452 e. The number of rotatable bonds is 3. The number of ether oxygens (including phenoxy) is 1. The van der Waals surface area contributed by atoms with Gasteiger partial charge in [-0.15, -0.1) is 0 Å². The Morgan fingerprint density at radius 1 is 1.37 bits per heavy atom. The van der Waals surface area contributed by atoms with Crippen LogP contribution in [-0.4, -0.2) is 24.0 Å². The topological polar surface area (TPSA) is 81.4 Å². The first-order valence-electron chi connectivity index (χ1n) is 5.72. The maximum absolute atomic E-state index is 11.8. The number of nitrogen functional groups attached to an aromatic ring is 1. The Kier molecular flexibility index (Phi) is 5.16. The molecule has 0 heterocycles. The molecule has 0 unspecified atom stereocenters. The lowest BCUT2D eigenvalue weighted by Gasteiger charge is -2.20. The van der Waals surface area contributed by atoms with Gasteiger partial charge in [0.05, 0.1) is 5.56 Å². The van der Waals surface area contributed by atoms with E-state index in [-0.39, 0.29) is 23.6 Å². The summed E-state index contributed by atoms with van der Waals surface area (Å²) in [4.78, 5) is 23.3. The summed E-state index contributed by atoms with van der Waals surface area (Å²) in [5.41, 5.74) is 5.95. The van der Waals surface area contributed by atoms with Gasteiger partial charge in [-0.25, -0.2) is 4.79 Å². The van der Waals surface area contributed by atoms with Gasteiger partial charge in [0.2, 0.25) is 0 Å². The van der Waals surface area contributed by atoms with Gasteiger partial charge in [-0.1, -0.05) is 0 Å². The van der Waals surface area contributed by atoms with E-state index in [1.807, 2.05) is 20.8 Å². The SMILES string of the molecule is CC(C)(C)NC(=O)COC(=O)c1cc(I)ccc1N. The van der Waals surface area contributed by atoms with Crippen LogP contribution in [0.3, 0.4) is 0 Å². The lowest BCUT2D eigenvalue weighted by Crippen LogP contribution is -2.42. The van der Waals surface area contributed by atoms with E-state index in [1.54, 1.807) is 18.2 Å². The van der Waals surface area contributed by atoms with E-state index in [0.717, 1.165) is 3.57 Å². The van der Waals surface area contributed by atoms with Gasteiger partial charge >= 0.3 is 5.97 Å². The van der Waals surface area contributed by atoms with E-state index >= 15 is 0 Å². The van der Waals surface area contributed by atoms with Crippen LogP contribution >= 0.6 is 22.6 Å². The molecular weight excluding hydrogens is 359 g/mol. The minimum Gasteiger partial charge on any atom is -0.452 e. The number of esters is 1. The lowest BCUT2D eigenvalue weighted by atomic mass is 10.1. The minimum absolute atomic E-state index is 0.274. The van der Waals surface area contributed by atoms with Crippen LogP contribution in [0, 0.1) is 3.57 Å². The van der Waals surface area contributed by atoms with Crippen molar-refractivity contribution in [1.82, 2.24) is 5.32 Å². The van der Waals surface area contributed by atoms with Crippen LogP contribution < -0.4 is 11.1 Å². The highest BCUT2D eigenvalue weighted by atomic mass is 127. The molecule has 19 heavy (non-hydrogen) atoms. The monoisotopic (exact) mass is 376 g/mol. The normalized spacial score (nSPS) is 10.9. The molecule has 1 amide bonds. The number of amides is 1. The molecule has 5 nitrogen and oxygen atoms in total. The van der Waals surface area contributed by atoms with Crippen molar-refractivity contribution in [2.24, 2.45) is 0 Å². The molecule has 0 aliphatic rings. The van der Waals surface area contributed by atoms with Crippen LogP contribution in [0.1, 0.15) is 31.1 Å². The van der Waals surface area contributed by atoms with Crippen molar-refractivity contribution in [1.29, 1.82) is 0 Å². The van der Waals surface area contributed by atoms with Crippen molar-refractivity contribution in [2.45, 2.75) is 26.3 Å². The Morgan fingerprint density at radius 2 is 2.00 bits per heavy atom. The Hall–Kier alpha value is -1.31. The predicted molar refractivity (Wildman–Crippen MR) is 81.7 cm³/mol. The molecular formula is C13H17IN2O3. The van der Waals surface area contributed by atoms with Crippen LogP contribution in [0.2, 0.25) is 0 Å². The first-order valence-corrected chi connectivity index (χ1v) is 6.80. The van der Waals surface area contributed by atoms with Crippen molar-refractivity contribution < 1.29 is 14.3 Å². The first kappa shape index (κ1) is 15.7. The summed E-state index contributed by atoms with van der Waals surface area (Å²) < 4.78 is 5.81. The second kappa shape index (κ2) is 6.23. The lowest BCUT2D eigenvalue weighted by molar-refractivity contribution is -0.125. The predicted octanol–water partition coefficient (Wildman–Crippen LogP) is 1.94. The van der Waals surface area contributed by atoms with E-state index in [1.165, 1.54) is 0 Å². The molecule has 1 rings (SSSR count). The molecule has 0 saturated carbocycles. The molecule has 0 bridgehead atoms. The van der Waals surface area contributed by atoms with Crippen molar-refractivity contribution >= 4 is 40.2 Å². The second-order valence-electron chi connectivity index (χ2n) is 5.11. The summed E-state index contributed by atoms with van der Waals surface area (Å²) in [6.45, 7) is 5.24. The number of benzene rings is 1. The molecule has 0 radical (unpaired) electrons. The smallest absolute Gasteiger partial charge is 0.340 e. The number of nitrogens with one attached hydrogen (secondary N) is 1. The standard InChI is InChI=1S/C13H17IN2O3/c1-13(2,3)16-11(17)7-19-12(18)9-6-8(14)4-5-10(9)15/h4-6H,7,15H2,1-3H3,(H,16,17). The maximum Gasteiger partial charge on any atom is 0.340 e. The second-order valence-corrected chi connectivity index (χ2v) is 6.35. The first-order chi connectivity index (χ1) is 8.69. The molecule has 0 aliphatic heterocycles. The van der Waals surface area contributed by atoms with Gasteiger partial charge in [0.25, 0.3) is 5.91 Å². The summed E-state index contributed by atoms with van der Waals surface area (Å²) in [5.74, 6) is -0.940. The third kappa shape index (κ3) is 5.46. The molecule has 1 aromatic carbocycles. The number of carbonyl (C=O) groups excluding carboxylic acids is 2. The van der Waals surface area contributed by atoms with E-state index in [4.69, 9.17) is 10.5 Å². The van der Waals surface area contributed by atoms with Gasteiger partial charge in [0.15, 0.2) is 6.61 Å². The van der Waals surface area contributed by atoms with Crippen molar-refractivity contribution in [3.05, 3.63) is 27.3 Å². The highest BCUT2D eigenvalue weighted by molar-refractivity contribution is 14.1. The highest BCUT2D eigenvalue weighted by Gasteiger charge is 2.17. The molecule has 0 fully saturated rings. The molecule has 1 aromatic rings. The molecule has 0 atom stereocenters. The summed E-state index contributed by atoms with van der Waals surface area (Å²) in [7, 11) is 0. The van der Waals surface area contributed by atoms with Crippen molar-refractivity contribution in [3.63, 3.8) is 0 Å². The Labute approximate surface area is 126 Å². The fraction of sp³-hybridized carbons (Fsp3) is 0.385. The van der Waals surface area contributed by atoms with E-state index in [9.17, 15) is 9.59 Å². The Balaban J connectivity index is 2.61. The van der Waals surface area contributed by atoms with Gasteiger partial charge in [-0.2, -0.15) is 0 Å². The van der Waals surface area contributed by atoms with Crippen LogP contribution in [-0.2, 0) is 9.53 Å². The third-order valence-electron chi connectivity index (χ3n) is 2.08. The average molecular weight is 376 g/mol. The number of halogens is 1. The van der Waals surface area contributed by atoms with E-state index < -0.39 is 5.97 Å². The van der Waals surface area contributed by atoms with Gasteiger partial charge in [0.1, 0.15) is 0 Å². The maximum atomic E-state index is 11.8. The fourth-order valence-corrected chi connectivity index (χ4v) is 1.86. The van der Waals surface area contributed by atoms with Crippen molar-refractivity contribution in [3.8, 4) is 0 Å². The molecule has 0 spiro atoms. The number of hydrogen-bond donors (Lipinski definition) is 2. The molecule has 0 aliphatic carbocycles. The summed E-state index contributed by atoms with van der Waals surface area (Å²) in [6, 6.07) is 5.05. The molecule has 0 saturated heterocycles. The number of anilines is 1. The quantitative estimate of drug-likeness (QED) is 0.480. The zero-order valence-corrected chi connectivity index (χ0v) is 13.3. The van der Waals surface area contributed by atoms with E-state index in [0.29, 0.717) is 5.69 Å². The van der Waals surface area contributed by atoms with Crippen molar-refractivity contribution in [2.75, 3.05) is 12.3 Å². The van der Waals surface area contributed by atoms with E-state index in [2.05, 4.69) is 27.9 Å². The minimum atomic E-state index is -0.597. The zero-order valence-electron chi connectivity index (χ0n) is 11.1. The van der Waals surface area contributed by atoms with Crippen LogP contribution in [0.25, 0.3) is 0 Å². The third-order valence-corrected chi connectivity index (χ3v) is 2.76. The molecule has 0 aromatic heterocycles. The molecule has 6 heteroatoms. The van der Waals surface area contributed by atoms with Crippen LogP contribution in [0.15, 0.2) is 18.2 Å². The number of nitrogens with two attached hydrogens (primary N) is 1. The summed E-state index contributed by atoms with van der Waals surface area (Å²) in [6.07, 6.45) is 0. The van der Waals surface area contributed by atoms with Gasteiger partial charge in [-0.05, 0) is 61.6 Å².